The number of carbonyl (C=O) groups excluding carboxylic acids is 6. The highest BCUT2D eigenvalue weighted by molar-refractivity contribution is 6.38. The number of ketones is 2. The van der Waals surface area contributed by atoms with Crippen molar-refractivity contribution in [3.8, 4) is 0 Å². The fourth-order valence-electron chi connectivity index (χ4n) is 5.68. The first-order chi connectivity index (χ1) is 21.5. The molecule has 5 amide bonds. The lowest BCUT2D eigenvalue weighted by Gasteiger charge is -2.37. The zero-order chi connectivity index (χ0) is 34.8. The van der Waals surface area contributed by atoms with E-state index >= 15 is 0 Å². The second kappa shape index (κ2) is 17.0. The Morgan fingerprint density at radius 3 is 2.17 bits per heavy atom. The van der Waals surface area contributed by atoms with Crippen molar-refractivity contribution in [1.29, 1.82) is 0 Å². The highest BCUT2D eigenvalue weighted by atomic mass is 16.2. The predicted octanol–water partition coefficient (Wildman–Crippen LogP) is 3.03. The van der Waals surface area contributed by atoms with Crippen molar-refractivity contribution in [2.45, 2.75) is 98.8 Å². The summed E-state index contributed by atoms with van der Waals surface area (Å²) < 4.78 is 0. The number of hydrogen-bond donors (Lipinski definition) is 4. The highest BCUT2D eigenvalue weighted by Gasteiger charge is 2.47. The molecule has 1 fully saturated rings. The Labute approximate surface area is 272 Å². The first kappa shape index (κ1) is 38.1. The van der Waals surface area contributed by atoms with Gasteiger partial charge >= 0.3 is 6.03 Å². The van der Waals surface area contributed by atoms with Crippen LogP contribution in [0, 0.1) is 23.2 Å². The Hall–Kier alpha value is -4.09. The van der Waals surface area contributed by atoms with Crippen molar-refractivity contribution in [2.75, 3.05) is 13.1 Å². The lowest BCUT2D eigenvalue weighted by Crippen LogP contribution is -2.62. The number of pyridine rings is 1. The number of rotatable bonds is 15. The normalized spacial score (nSPS) is 18.3. The third kappa shape index (κ3) is 9.95. The summed E-state index contributed by atoms with van der Waals surface area (Å²) in [6.07, 6.45) is 5.80. The number of Topliss-reactive ketones (excluding diaryl/α,β-unsaturated/α-hetero) is 2. The number of urea groups is 1. The van der Waals surface area contributed by atoms with Gasteiger partial charge in [-0.1, -0.05) is 67.9 Å². The second-order valence-corrected chi connectivity index (χ2v) is 13.6. The fraction of sp³-hybridized carbons (Fsp3) is 0.618. The van der Waals surface area contributed by atoms with Crippen LogP contribution in [0.4, 0.5) is 4.79 Å². The quantitative estimate of drug-likeness (QED) is 0.130. The molecule has 1 aliphatic rings. The minimum absolute atomic E-state index is 0.0279. The van der Waals surface area contributed by atoms with Crippen LogP contribution in [0.1, 0.15) is 85.0 Å². The van der Waals surface area contributed by atoms with E-state index in [2.05, 4.69) is 32.8 Å². The SMILES string of the molecule is C=CCNC(=O)C(=O)C(CCC)NC(=O)[C@@H]1[C@@H](C(C)C)CCN1C(=O)[C@@H](NC(=O)N[C@H](C(=O)c1ccncc1)C(C)C)C(C)(C)C. The molecule has 0 aromatic carbocycles. The number of hydrogen-bond acceptors (Lipinski definition) is 7. The standard InChI is InChI=1S/C34H52N6O6/c1-10-12-24(28(42)31(44)36-16-11-2)37-30(43)26-23(20(3)4)15-19-40(26)32(45)29(34(7,8)9)39-33(46)38-25(21(5)6)27(41)22-13-17-35-18-14-22/h11,13-14,17-18,20-21,23-26,29H,2,10,12,15-16,19H2,1,3-9H3,(H,36,44)(H,37,43)(H2,38,39,46)/t23-,24?,25+,26+,29-/m1/s1. The maximum Gasteiger partial charge on any atom is 0.316 e. The molecule has 0 aliphatic carbocycles. The molecule has 1 aliphatic heterocycles. The van der Waals surface area contributed by atoms with Gasteiger partial charge < -0.3 is 26.2 Å². The number of amides is 5. The third-order valence-corrected chi connectivity index (χ3v) is 8.28. The Balaban J connectivity index is 2.33. The summed E-state index contributed by atoms with van der Waals surface area (Å²) in [5.41, 5.74) is -0.362. The lowest BCUT2D eigenvalue weighted by molar-refractivity contribution is -0.144. The zero-order valence-electron chi connectivity index (χ0n) is 28.5. The van der Waals surface area contributed by atoms with E-state index in [0.717, 1.165) is 0 Å². The highest BCUT2D eigenvalue weighted by Crippen LogP contribution is 2.33. The topological polar surface area (TPSA) is 167 Å². The zero-order valence-corrected chi connectivity index (χ0v) is 28.5. The molecule has 4 N–H and O–H groups in total. The number of aromatic nitrogens is 1. The van der Waals surface area contributed by atoms with Crippen LogP contribution in [0.5, 0.6) is 0 Å². The molecule has 2 rings (SSSR count). The van der Waals surface area contributed by atoms with Crippen molar-refractivity contribution in [3.63, 3.8) is 0 Å². The van der Waals surface area contributed by atoms with Crippen molar-refractivity contribution in [3.05, 3.63) is 42.7 Å². The van der Waals surface area contributed by atoms with Crippen LogP contribution in [-0.4, -0.2) is 82.5 Å². The Morgan fingerprint density at radius 2 is 1.65 bits per heavy atom. The van der Waals surface area contributed by atoms with Crippen LogP contribution in [0.15, 0.2) is 37.2 Å². The van der Waals surface area contributed by atoms with Crippen LogP contribution in [0.2, 0.25) is 0 Å². The average molecular weight is 641 g/mol. The smallest absolute Gasteiger partial charge is 0.316 e. The van der Waals surface area contributed by atoms with Crippen molar-refractivity contribution in [2.24, 2.45) is 23.2 Å². The summed E-state index contributed by atoms with van der Waals surface area (Å²) in [7, 11) is 0. The van der Waals surface area contributed by atoms with Gasteiger partial charge in [-0.3, -0.25) is 29.0 Å². The molecule has 0 spiro atoms. The van der Waals surface area contributed by atoms with Crippen LogP contribution in [0.3, 0.4) is 0 Å². The summed E-state index contributed by atoms with van der Waals surface area (Å²) >= 11 is 0. The summed E-state index contributed by atoms with van der Waals surface area (Å²) in [4.78, 5) is 85.5. The van der Waals surface area contributed by atoms with E-state index in [1.807, 2.05) is 34.6 Å². The monoisotopic (exact) mass is 640 g/mol. The minimum Gasteiger partial charge on any atom is -0.346 e. The molecule has 12 nitrogen and oxygen atoms in total. The van der Waals surface area contributed by atoms with Gasteiger partial charge in [0.2, 0.25) is 17.6 Å². The van der Waals surface area contributed by atoms with Crippen LogP contribution in [-0.2, 0) is 19.2 Å². The maximum absolute atomic E-state index is 14.2. The van der Waals surface area contributed by atoms with E-state index in [4.69, 9.17) is 0 Å². The molecule has 12 heteroatoms. The molecular formula is C34H52N6O6. The maximum atomic E-state index is 14.2. The van der Waals surface area contributed by atoms with E-state index in [9.17, 15) is 28.8 Å². The Kier molecular flexibility index (Phi) is 14.1. The van der Waals surface area contributed by atoms with Gasteiger partial charge in [-0.05, 0) is 48.1 Å². The lowest BCUT2D eigenvalue weighted by atomic mass is 9.84. The van der Waals surface area contributed by atoms with E-state index in [-0.39, 0.29) is 43.0 Å². The Bertz CT molecular complexity index is 1260. The minimum atomic E-state index is -1.05. The van der Waals surface area contributed by atoms with Crippen LogP contribution in [0.25, 0.3) is 0 Å². The first-order valence-corrected chi connectivity index (χ1v) is 16.1. The Morgan fingerprint density at radius 1 is 1.02 bits per heavy atom. The van der Waals surface area contributed by atoms with Gasteiger partial charge in [0.25, 0.3) is 5.91 Å². The average Bonchev–Trinajstić information content (AvgIpc) is 3.46. The molecule has 46 heavy (non-hydrogen) atoms. The number of nitrogens with one attached hydrogen (secondary N) is 4. The number of nitrogens with zero attached hydrogens (tertiary/aromatic N) is 2. The van der Waals surface area contributed by atoms with Gasteiger partial charge in [0.15, 0.2) is 5.78 Å². The van der Waals surface area contributed by atoms with E-state index in [1.165, 1.54) is 23.4 Å². The summed E-state index contributed by atoms with van der Waals surface area (Å²) in [5.74, 6) is -3.26. The van der Waals surface area contributed by atoms with Crippen molar-refractivity contribution < 1.29 is 28.8 Å². The molecule has 0 radical (unpaired) electrons. The molecule has 2 heterocycles. The summed E-state index contributed by atoms with van der Waals surface area (Å²) in [6.45, 7) is 18.7. The molecule has 5 atom stereocenters. The van der Waals surface area contributed by atoms with Crippen molar-refractivity contribution in [1.82, 2.24) is 31.2 Å². The van der Waals surface area contributed by atoms with E-state index in [0.29, 0.717) is 18.4 Å². The molecule has 254 valence electrons. The molecule has 1 unspecified atom stereocenters. The van der Waals surface area contributed by atoms with Gasteiger partial charge in [0, 0.05) is 31.0 Å². The van der Waals surface area contributed by atoms with E-state index in [1.54, 1.807) is 32.9 Å². The molecule has 1 saturated heterocycles. The number of likely N-dealkylation sites (tertiary alicyclic amines) is 1. The van der Waals surface area contributed by atoms with Crippen LogP contribution < -0.4 is 21.3 Å². The molecule has 1 aromatic heterocycles. The van der Waals surface area contributed by atoms with E-state index < -0.39 is 59.1 Å². The molecule has 0 saturated carbocycles. The fourth-order valence-corrected chi connectivity index (χ4v) is 5.68. The van der Waals surface area contributed by atoms with Crippen LogP contribution >= 0.6 is 0 Å². The first-order valence-electron chi connectivity index (χ1n) is 16.1. The van der Waals surface area contributed by atoms with Gasteiger partial charge in [-0.2, -0.15) is 0 Å². The van der Waals surface area contributed by atoms with Gasteiger partial charge in [0.1, 0.15) is 12.1 Å². The second-order valence-electron chi connectivity index (χ2n) is 13.6. The molecule has 0 bridgehead atoms. The largest absolute Gasteiger partial charge is 0.346 e. The third-order valence-electron chi connectivity index (χ3n) is 8.28. The summed E-state index contributed by atoms with van der Waals surface area (Å²) in [5, 5.41) is 10.8. The van der Waals surface area contributed by atoms with Gasteiger partial charge in [-0.25, -0.2) is 4.79 Å². The van der Waals surface area contributed by atoms with Crippen molar-refractivity contribution >= 4 is 35.3 Å². The molecular weight excluding hydrogens is 588 g/mol. The van der Waals surface area contributed by atoms with Gasteiger partial charge in [0.05, 0.1) is 12.1 Å². The summed E-state index contributed by atoms with van der Waals surface area (Å²) in [6, 6.07) is -1.40. The van der Waals surface area contributed by atoms with Gasteiger partial charge in [-0.15, -0.1) is 6.58 Å². The molecule has 1 aromatic rings. The number of carbonyl (C=O) groups is 6. The predicted molar refractivity (Wildman–Crippen MR) is 176 cm³/mol.